The average molecular weight is 340 g/mol. The summed E-state index contributed by atoms with van der Waals surface area (Å²) >= 11 is 3.43. The quantitative estimate of drug-likeness (QED) is 0.774. The Kier molecular flexibility index (Phi) is 5.96. The molecule has 0 bridgehead atoms. The molecule has 1 heterocycles. The van der Waals surface area contributed by atoms with Crippen molar-refractivity contribution in [2.75, 3.05) is 13.7 Å². The van der Waals surface area contributed by atoms with E-state index in [0.29, 0.717) is 12.0 Å². The van der Waals surface area contributed by atoms with Crippen LogP contribution in [0.2, 0.25) is 0 Å². The molecule has 2 rings (SSSR count). The molecule has 0 spiro atoms. The largest absolute Gasteiger partial charge is 0.384 e. The number of hydrogen-bond donors (Lipinski definition) is 2. The summed E-state index contributed by atoms with van der Waals surface area (Å²) in [5.41, 5.74) is 3.23. The molecule has 1 fully saturated rings. The Labute approximate surface area is 129 Å². The van der Waals surface area contributed by atoms with E-state index in [0.717, 1.165) is 10.9 Å². The lowest BCUT2D eigenvalue weighted by Gasteiger charge is -2.40. The van der Waals surface area contributed by atoms with E-state index in [1.165, 1.54) is 25.7 Å². The maximum atomic E-state index is 8.67. The number of nitrogens with one attached hydrogen (secondary N) is 1. The molecule has 0 aromatic rings. The minimum atomic E-state index is -0.0197. The highest BCUT2D eigenvalue weighted by molar-refractivity contribution is 9.11. The van der Waals surface area contributed by atoms with Gasteiger partial charge in [0.15, 0.2) is 0 Å². The van der Waals surface area contributed by atoms with Gasteiger partial charge in [-0.15, -0.1) is 5.92 Å². The van der Waals surface area contributed by atoms with Crippen molar-refractivity contribution < 1.29 is 5.11 Å². The van der Waals surface area contributed by atoms with E-state index in [1.807, 2.05) is 23.6 Å². The van der Waals surface area contributed by atoms with Crippen molar-refractivity contribution in [1.82, 2.24) is 15.6 Å². The number of allylic oxidation sites excluding steroid dienone is 2. The van der Waals surface area contributed by atoms with Crippen molar-refractivity contribution in [3.63, 3.8) is 0 Å². The van der Waals surface area contributed by atoms with Crippen molar-refractivity contribution in [2.45, 2.75) is 38.1 Å². The zero-order chi connectivity index (χ0) is 14.4. The average Bonchev–Trinajstić information content (AvgIpc) is 2.48. The third-order valence-electron chi connectivity index (χ3n) is 3.99. The van der Waals surface area contributed by atoms with E-state index in [9.17, 15) is 0 Å². The SMILES string of the molecule is CN(C1CCC(CC#CCO)CC1)N1C=CC(Br)=CN1. The molecule has 5 heteroatoms. The van der Waals surface area contributed by atoms with Crippen molar-refractivity contribution in [1.29, 1.82) is 0 Å². The minimum absolute atomic E-state index is 0.0197. The Morgan fingerprint density at radius 1 is 1.40 bits per heavy atom. The summed E-state index contributed by atoms with van der Waals surface area (Å²) in [4.78, 5) is 0. The molecule has 1 saturated carbocycles. The Bertz CT molecular complexity index is 430. The molecule has 0 amide bonds. The number of aliphatic hydroxyl groups excluding tert-OH is 1. The Morgan fingerprint density at radius 2 is 2.15 bits per heavy atom. The molecule has 0 radical (unpaired) electrons. The zero-order valence-corrected chi connectivity index (χ0v) is 13.4. The van der Waals surface area contributed by atoms with E-state index in [1.54, 1.807) is 0 Å². The first-order chi connectivity index (χ1) is 9.70. The highest BCUT2D eigenvalue weighted by atomic mass is 79.9. The van der Waals surface area contributed by atoms with Crippen molar-refractivity contribution >= 4 is 15.9 Å². The number of hydrazine groups is 2. The third kappa shape index (κ3) is 4.27. The van der Waals surface area contributed by atoms with Gasteiger partial charge >= 0.3 is 0 Å². The Morgan fingerprint density at radius 3 is 2.75 bits per heavy atom. The van der Waals surface area contributed by atoms with Gasteiger partial charge in [-0.1, -0.05) is 5.92 Å². The van der Waals surface area contributed by atoms with Gasteiger partial charge < -0.3 is 5.11 Å². The first kappa shape index (κ1) is 15.4. The van der Waals surface area contributed by atoms with Gasteiger partial charge in [0.25, 0.3) is 0 Å². The fourth-order valence-electron chi connectivity index (χ4n) is 2.73. The molecule has 2 N–H and O–H groups in total. The van der Waals surface area contributed by atoms with Gasteiger partial charge in [-0.05, 0) is 53.6 Å². The van der Waals surface area contributed by atoms with E-state index >= 15 is 0 Å². The molecule has 1 aliphatic heterocycles. The number of rotatable bonds is 3. The molecule has 0 aromatic heterocycles. The van der Waals surface area contributed by atoms with Crippen molar-refractivity contribution in [3.05, 3.63) is 23.0 Å². The molecule has 0 unspecified atom stereocenters. The van der Waals surface area contributed by atoms with E-state index in [4.69, 9.17) is 5.11 Å². The summed E-state index contributed by atoms with van der Waals surface area (Å²) in [6.45, 7) is -0.0197. The van der Waals surface area contributed by atoms with E-state index in [2.05, 4.69) is 45.3 Å². The van der Waals surface area contributed by atoms with Crippen LogP contribution in [0.15, 0.2) is 23.0 Å². The molecule has 0 saturated heterocycles. The molecular weight excluding hydrogens is 318 g/mol. The lowest BCUT2D eigenvalue weighted by molar-refractivity contribution is -0.0403. The predicted molar refractivity (Wildman–Crippen MR) is 84.1 cm³/mol. The monoisotopic (exact) mass is 339 g/mol. The van der Waals surface area contributed by atoms with E-state index < -0.39 is 0 Å². The standard InChI is InChI=1S/C15H22BrN3O/c1-18(19-10-9-14(16)12-17-19)15-7-5-13(6-8-15)4-2-3-11-20/h9-10,12-13,15,17,20H,4-8,11H2,1H3. The van der Waals surface area contributed by atoms with Crippen molar-refractivity contribution in [2.24, 2.45) is 5.92 Å². The first-order valence-electron chi connectivity index (χ1n) is 7.09. The van der Waals surface area contributed by atoms with Gasteiger partial charge in [0.2, 0.25) is 0 Å². The molecule has 20 heavy (non-hydrogen) atoms. The van der Waals surface area contributed by atoms with Gasteiger partial charge in [0.1, 0.15) is 6.61 Å². The van der Waals surface area contributed by atoms with Crippen LogP contribution >= 0.6 is 15.9 Å². The van der Waals surface area contributed by atoms with Gasteiger partial charge in [0.05, 0.1) is 0 Å². The number of nitrogens with zero attached hydrogens (tertiary/aromatic N) is 2. The smallest absolute Gasteiger partial charge is 0.104 e. The Balaban J connectivity index is 1.77. The van der Waals surface area contributed by atoms with Gasteiger partial charge in [-0.3, -0.25) is 5.43 Å². The maximum Gasteiger partial charge on any atom is 0.104 e. The summed E-state index contributed by atoms with van der Waals surface area (Å²) < 4.78 is 1.05. The molecule has 0 aromatic carbocycles. The lowest BCUT2D eigenvalue weighted by Crippen LogP contribution is -2.50. The number of aliphatic hydroxyl groups is 1. The first-order valence-corrected chi connectivity index (χ1v) is 7.88. The topological polar surface area (TPSA) is 38.7 Å². The zero-order valence-electron chi connectivity index (χ0n) is 11.8. The minimum Gasteiger partial charge on any atom is -0.384 e. The fraction of sp³-hybridized carbons (Fsp3) is 0.600. The summed E-state index contributed by atoms with van der Waals surface area (Å²) in [6, 6.07) is 0.569. The van der Waals surface area contributed by atoms with Gasteiger partial charge in [-0.2, -0.15) is 0 Å². The lowest BCUT2D eigenvalue weighted by atomic mass is 9.84. The molecule has 0 atom stereocenters. The van der Waals surface area contributed by atoms with Crippen LogP contribution in [0.4, 0.5) is 0 Å². The predicted octanol–water partition coefficient (Wildman–Crippen LogP) is 2.35. The molecule has 2 aliphatic rings. The summed E-state index contributed by atoms with van der Waals surface area (Å²) in [5, 5.41) is 13.0. The summed E-state index contributed by atoms with van der Waals surface area (Å²) in [7, 11) is 2.13. The third-order valence-corrected chi connectivity index (χ3v) is 4.48. The van der Waals surface area contributed by atoms with Gasteiger partial charge in [0, 0.05) is 36.4 Å². The normalized spacial score (nSPS) is 25.8. The molecule has 1 aliphatic carbocycles. The molecular formula is C15H22BrN3O. The van der Waals surface area contributed by atoms with Crippen LogP contribution in [0.5, 0.6) is 0 Å². The van der Waals surface area contributed by atoms with Gasteiger partial charge in [-0.25, -0.2) is 10.1 Å². The van der Waals surface area contributed by atoms with Crippen LogP contribution < -0.4 is 5.43 Å². The summed E-state index contributed by atoms with van der Waals surface area (Å²) in [6.07, 6.45) is 11.7. The molecule has 110 valence electrons. The van der Waals surface area contributed by atoms with Crippen molar-refractivity contribution in [3.8, 4) is 11.8 Å². The number of halogens is 1. The summed E-state index contributed by atoms with van der Waals surface area (Å²) in [5.74, 6) is 6.49. The van der Waals surface area contributed by atoms with Crippen LogP contribution in [0.25, 0.3) is 0 Å². The van der Waals surface area contributed by atoms with Crippen LogP contribution in [0, 0.1) is 17.8 Å². The van der Waals surface area contributed by atoms with Crippen LogP contribution in [-0.4, -0.2) is 34.9 Å². The maximum absolute atomic E-state index is 8.67. The van der Waals surface area contributed by atoms with Crippen LogP contribution in [0.3, 0.4) is 0 Å². The second-order valence-corrected chi connectivity index (χ2v) is 6.20. The molecule has 4 nitrogen and oxygen atoms in total. The second-order valence-electron chi connectivity index (χ2n) is 5.28. The second kappa shape index (κ2) is 7.72. The van der Waals surface area contributed by atoms with Crippen LogP contribution in [-0.2, 0) is 0 Å². The highest BCUT2D eigenvalue weighted by Gasteiger charge is 2.26. The highest BCUT2D eigenvalue weighted by Crippen LogP contribution is 2.29. The fourth-order valence-corrected chi connectivity index (χ4v) is 2.95. The number of hydrogen-bond acceptors (Lipinski definition) is 4. The Hall–Kier alpha value is -0.960. The van der Waals surface area contributed by atoms with Crippen LogP contribution in [0.1, 0.15) is 32.1 Å². The van der Waals surface area contributed by atoms with E-state index in [-0.39, 0.29) is 6.61 Å².